The molecule has 3 rings (SSSR count). The Morgan fingerprint density at radius 1 is 1.16 bits per heavy atom. The minimum Gasteiger partial charge on any atom is -0.446 e. The van der Waals surface area contributed by atoms with Gasteiger partial charge in [-0.1, -0.05) is 50.6 Å². The van der Waals surface area contributed by atoms with Crippen LogP contribution in [0.4, 0.5) is 4.79 Å². The van der Waals surface area contributed by atoms with Gasteiger partial charge in [-0.25, -0.2) is 22.9 Å². The summed E-state index contributed by atoms with van der Waals surface area (Å²) >= 11 is 0. The zero-order valence-electron chi connectivity index (χ0n) is 23.1. The summed E-state index contributed by atoms with van der Waals surface area (Å²) in [7, 11) is -1.88. The molecule has 1 aliphatic carbocycles. The summed E-state index contributed by atoms with van der Waals surface area (Å²) in [5.74, 6) is 0.896. The van der Waals surface area contributed by atoms with Crippen LogP contribution >= 0.6 is 0 Å². The predicted molar refractivity (Wildman–Crippen MR) is 148 cm³/mol. The van der Waals surface area contributed by atoms with Crippen LogP contribution in [0.25, 0.3) is 0 Å². The summed E-state index contributed by atoms with van der Waals surface area (Å²) in [6, 6.07) is 9.38. The Balaban J connectivity index is 1.63. The first-order chi connectivity index (χ1) is 18.3. The lowest BCUT2D eigenvalue weighted by molar-refractivity contribution is 0.0493. The van der Waals surface area contributed by atoms with Crippen LogP contribution in [0, 0.1) is 0 Å². The fourth-order valence-corrected chi connectivity index (χ4v) is 6.02. The van der Waals surface area contributed by atoms with E-state index >= 15 is 0 Å². The molecule has 1 fully saturated rings. The molecule has 1 amide bonds. The Hall–Kier alpha value is -2.50. The van der Waals surface area contributed by atoms with Crippen LogP contribution in [-0.2, 0) is 27.7 Å². The number of sulfonamides is 1. The fraction of sp³-hybridized carbons (Fsp3) is 0.667. The molecule has 0 aliphatic heterocycles. The van der Waals surface area contributed by atoms with Crippen LogP contribution in [-0.4, -0.2) is 78.0 Å². The van der Waals surface area contributed by atoms with Gasteiger partial charge < -0.3 is 14.5 Å². The number of carbonyl (C=O) groups excluding carboxylic acids is 1. The van der Waals surface area contributed by atoms with Crippen LogP contribution in [0.1, 0.15) is 82.0 Å². The molecule has 38 heavy (non-hydrogen) atoms. The number of aromatic amines is 1. The van der Waals surface area contributed by atoms with Gasteiger partial charge in [0, 0.05) is 7.05 Å². The molecule has 1 saturated carbocycles. The molecule has 10 nitrogen and oxygen atoms in total. The van der Waals surface area contributed by atoms with E-state index in [0.717, 1.165) is 50.9 Å². The maximum absolute atomic E-state index is 13.0. The molecule has 2 aromatic rings. The normalized spacial score (nSPS) is 15.5. The molecule has 0 radical (unpaired) electrons. The van der Waals surface area contributed by atoms with Crippen LogP contribution in [0.5, 0.6) is 0 Å². The standard InChI is InChI=1S/C27H44N6O4S/c1-4-33(5-2)19-12-20-38(35,36)31-24(18-17-22-13-8-6-9-14-22)26-28-25(29-30-26)21-32(3)27(34)37-23-15-10-7-11-16-23/h6,8-9,13-14,23-24,31H,4-5,7,10-12,15-21H2,1-3H3,(H,28,29,30)/t24-/m1/s1. The summed E-state index contributed by atoms with van der Waals surface area (Å²) in [4.78, 5) is 20.8. The molecule has 1 atom stereocenters. The molecular weight excluding hydrogens is 504 g/mol. The number of rotatable bonds is 15. The smallest absolute Gasteiger partial charge is 0.410 e. The predicted octanol–water partition coefficient (Wildman–Crippen LogP) is 4.03. The van der Waals surface area contributed by atoms with Gasteiger partial charge in [0.05, 0.1) is 18.3 Å². The van der Waals surface area contributed by atoms with Crippen molar-refractivity contribution in [3.05, 3.63) is 47.5 Å². The SMILES string of the molecule is CCN(CC)CCCS(=O)(=O)N[C@H](CCc1ccccc1)c1nc(CN(C)C(=O)OC2CCCCC2)n[nH]1. The molecule has 1 heterocycles. The zero-order valence-corrected chi connectivity index (χ0v) is 23.9. The number of carbonyl (C=O) groups is 1. The summed E-state index contributed by atoms with van der Waals surface area (Å²) in [5.41, 5.74) is 1.11. The number of amides is 1. The van der Waals surface area contributed by atoms with E-state index in [1.165, 1.54) is 11.3 Å². The van der Waals surface area contributed by atoms with Crippen molar-refractivity contribution in [3.63, 3.8) is 0 Å². The average Bonchev–Trinajstić information content (AvgIpc) is 3.38. The van der Waals surface area contributed by atoms with E-state index in [2.05, 4.69) is 38.7 Å². The van der Waals surface area contributed by atoms with Gasteiger partial charge in [0.15, 0.2) is 5.82 Å². The summed E-state index contributed by atoms with van der Waals surface area (Å²) in [6.45, 7) is 6.84. The van der Waals surface area contributed by atoms with Gasteiger partial charge in [-0.05, 0) is 70.1 Å². The number of ether oxygens (including phenoxy) is 1. The van der Waals surface area contributed by atoms with Gasteiger partial charge in [-0.2, -0.15) is 5.10 Å². The van der Waals surface area contributed by atoms with E-state index in [4.69, 9.17) is 4.74 Å². The Bertz CT molecular complexity index is 1070. The first-order valence-corrected chi connectivity index (χ1v) is 15.5. The number of aryl methyl sites for hydroxylation is 1. The second kappa shape index (κ2) is 15.2. The quantitative estimate of drug-likeness (QED) is 0.345. The number of hydrogen-bond acceptors (Lipinski definition) is 7. The third kappa shape index (κ3) is 9.99. The highest BCUT2D eigenvalue weighted by atomic mass is 32.2. The monoisotopic (exact) mass is 548 g/mol. The lowest BCUT2D eigenvalue weighted by Crippen LogP contribution is -2.33. The van der Waals surface area contributed by atoms with Gasteiger partial charge in [-0.3, -0.25) is 5.10 Å². The molecule has 0 spiro atoms. The highest BCUT2D eigenvalue weighted by Gasteiger charge is 2.25. The van der Waals surface area contributed by atoms with Crippen molar-refractivity contribution in [3.8, 4) is 0 Å². The third-order valence-electron chi connectivity index (χ3n) is 7.06. The van der Waals surface area contributed by atoms with Crippen LogP contribution in [0.3, 0.4) is 0 Å². The zero-order chi connectivity index (χ0) is 27.4. The van der Waals surface area contributed by atoms with Gasteiger partial charge in [0.1, 0.15) is 11.9 Å². The molecular formula is C27H44N6O4S. The van der Waals surface area contributed by atoms with Gasteiger partial charge >= 0.3 is 6.09 Å². The molecule has 0 saturated heterocycles. The Labute approximate surface area is 227 Å². The van der Waals surface area contributed by atoms with E-state index in [0.29, 0.717) is 30.9 Å². The largest absolute Gasteiger partial charge is 0.446 e. The first-order valence-electron chi connectivity index (χ1n) is 13.9. The lowest BCUT2D eigenvalue weighted by atomic mass is 9.98. The fourth-order valence-electron chi connectivity index (χ4n) is 4.73. The molecule has 1 aromatic carbocycles. The number of nitrogens with zero attached hydrogens (tertiary/aromatic N) is 4. The van der Waals surface area contributed by atoms with Gasteiger partial charge in [0.2, 0.25) is 10.0 Å². The highest BCUT2D eigenvalue weighted by molar-refractivity contribution is 7.89. The van der Waals surface area contributed by atoms with Crippen molar-refractivity contribution in [1.82, 2.24) is 29.7 Å². The van der Waals surface area contributed by atoms with Crippen LogP contribution in [0.15, 0.2) is 30.3 Å². The number of H-pyrrole nitrogens is 1. The molecule has 1 aliphatic rings. The first kappa shape index (κ1) is 30.0. The van der Waals surface area contributed by atoms with Crippen molar-refractivity contribution >= 4 is 16.1 Å². The summed E-state index contributed by atoms with van der Waals surface area (Å²) in [6.07, 6.45) is 6.50. The van der Waals surface area contributed by atoms with Crippen molar-refractivity contribution in [1.29, 1.82) is 0 Å². The molecule has 11 heteroatoms. The van der Waals surface area contributed by atoms with E-state index in [1.54, 1.807) is 7.05 Å². The Morgan fingerprint density at radius 2 is 1.87 bits per heavy atom. The third-order valence-corrected chi connectivity index (χ3v) is 8.53. The number of benzene rings is 1. The van der Waals surface area contributed by atoms with Crippen molar-refractivity contribution in [2.24, 2.45) is 0 Å². The van der Waals surface area contributed by atoms with E-state index in [-0.39, 0.29) is 18.4 Å². The molecule has 0 bridgehead atoms. The van der Waals surface area contributed by atoms with Crippen molar-refractivity contribution in [2.75, 3.05) is 32.4 Å². The number of hydrogen-bond donors (Lipinski definition) is 2. The molecule has 212 valence electrons. The summed E-state index contributed by atoms with van der Waals surface area (Å²) in [5, 5.41) is 7.18. The van der Waals surface area contributed by atoms with Gasteiger partial charge in [0.25, 0.3) is 0 Å². The maximum atomic E-state index is 13.0. The second-order valence-electron chi connectivity index (χ2n) is 10.0. The average molecular weight is 549 g/mol. The minimum atomic E-state index is -3.54. The minimum absolute atomic E-state index is 0.0279. The lowest BCUT2D eigenvalue weighted by Gasteiger charge is -2.24. The Morgan fingerprint density at radius 3 is 2.55 bits per heavy atom. The topological polar surface area (TPSA) is 121 Å². The molecule has 1 aromatic heterocycles. The van der Waals surface area contributed by atoms with E-state index in [1.807, 2.05) is 30.3 Å². The summed E-state index contributed by atoms with van der Waals surface area (Å²) < 4.78 is 34.4. The van der Waals surface area contributed by atoms with Crippen molar-refractivity contribution < 1.29 is 17.9 Å². The Kier molecular flexibility index (Phi) is 12.0. The van der Waals surface area contributed by atoms with Crippen LogP contribution < -0.4 is 4.72 Å². The molecule has 0 unspecified atom stereocenters. The van der Waals surface area contributed by atoms with Crippen molar-refractivity contribution in [2.45, 2.75) is 83.9 Å². The van der Waals surface area contributed by atoms with Gasteiger partial charge in [-0.15, -0.1) is 0 Å². The molecule has 2 N–H and O–H groups in total. The second-order valence-corrected chi connectivity index (χ2v) is 11.9. The number of nitrogens with one attached hydrogen (secondary N) is 2. The number of aromatic nitrogens is 3. The highest BCUT2D eigenvalue weighted by Crippen LogP contribution is 2.21. The van der Waals surface area contributed by atoms with E-state index < -0.39 is 22.2 Å². The maximum Gasteiger partial charge on any atom is 0.410 e. The van der Waals surface area contributed by atoms with Crippen LogP contribution in [0.2, 0.25) is 0 Å². The van der Waals surface area contributed by atoms with E-state index in [9.17, 15) is 13.2 Å².